The van der Waals surface area contributed by atoms with Gasteiger partial charge in [-0.05, 0) is 38.8 Å². The summed E-state index contributed by atoms with van der Waals surface area (Å²) in [7, 11) is 1.98. The fourth-order valence-electron chi connectivity index (χ4n) is 4.93. The molecule has 8 heteroatoms. The topological polar surface area (TPSA) is 87.6 Å². The monoisotopic (exact) mass is 437 g/mol. The summed E-state index contributed by atoms with van der Waals surface area (Å²) >= 11 is 0. The molecule has 32 heavy (non-hydrogen) atoms. The van der Waals surface area contributed by atoms with Crippen molar-refractivity contribution in [1.82, 2.24) is 24.6 Å². The minimum absolute atomic E-state index is 0.250. The first-order chi connectivity index (χ1) is 15.5. The van der Waals surface area contributed by atoms with Crippen molar-refractivity contribution in [2.75, 3.05) is 13.1 Å². The number of hydrogen-bond acceptors (Lipinski definition) is 6. The van der Waals surface area contributed by atoms with Gasteiger partial charge in [-0.25, -0.2) is 4.98 Å². The number of hydrogen-bond donors (Lipinski definition) is 1. The summed E-state index contributed by atoms with van der Waals surface area (Å²) in [6, 6.07) is 9.64. The molecule has 4 heterocycles. The maximum atomic E-state index is 8.36. The second kappa shape index (κ2) is 9.67. The molecule has 1 aromatic carbocycles. The molecule has 170 valence electrons. The van der Waals surface area contributed by atoms with Gasteiger partial charge in [-0.2, -0.15) is 5.10 Å². The Morgan fingerprint density at radius 3 is 2.31 bits per heavy atom. The molecule has 2 aliphatic rings. The molecule has 0 saturated carbocycles. The van der Waals surface area contributed by atoms with Crippen molar-refractivity contribution in [2.24, 2.45) is 7.05 Å². The molecule has 8 nitrogen and oxygen atoms in total. The predicted molar refractivity (Wildman–Crippen MR) is 121 cm³/mol. The largest absolute Gasteiger partial charge is 0.483 e. The van der Waals surface area contributed by atoms with E-state index in [4.69, 9.17) is 19.3 Å². The molecular weight excluding hydrogens is 406 g/mol. The quantitative estimate of drug-likeness (QED) is 0.613. The van der Waals surface area contributed by atoms with E-state index in [1.807, 2.05) is 24.9 Å². The lowest BCUT2D eigenvalue weighted by Crippen LogP contribution is -2.36. The predicted octanol–water partition coefficient (Wildman–Crippen LogP) is 3.24. The summed E-state index contributed by atoms with van der Waals surface area (Å²) in [6.07, 6.45) is 6.58. The molecule has 1 N–H and O–H groups in total. The van der Waals surface area contributed by atoms with E-state index < -0.39 is 0 Å². The summed E-state index contributed by atoms with van der Waals surface area (Å²) < 4.78 is 7.90. The lowest BCUT2D eigenvalue weighted by molar-refractivity contribution is -0.122. The van der Waals surface area contributed by atoms with Gasteiger partial charge in [0, 0.05) is 62.6 Å². The highest BCUT2D eigenvalue weighted by Gasteiger charge is 2.42. The molecule has 2 aliphatic heterocycles. The number of carbonyl (C=O) groups is 1. The fraction of sp³-hybridized carbons (Fsp3) is 0.458. The Morgan fingerprint density at radius 2 is 1.72 bits per heavy atom. The first-order valence-electron chi connectivity index (χ1n) is 11.0. The van der Waals surface area contributed by atoms with Crippen LogP contribution in [0.2, 0.25) is 0 Å². The van der Waals surface area contributed by atoms with Gasteiger partial charge >= 0.3 is 0 Å². The lowest BCUT2D eigenvalue weighted by Gasteiger charge is -2.25. The van der Waals surface area contributed by atoms with Crippen molar-refractivity contribution in [1.29, 1.82) is 0 Å². The molecule has 2 saturated heterocycles. The molecule has 0 spiro atoms. The van der Waals surface area contributed by atoms with Gasteiger partial charge in [0.1, 0.15) is 5.76 Å². The third kappa shape index (κ3) is 4.76. The third-order valence-electron chi connectivity index (χ3n) is 6.49. The van der Waals surface area contributed by atoms with E-state index in [1.165, 1.54) is 24.0 Å². The van der Waals surface area contributed by atoms with Crippen LogP contribution in [0.5, 0.6) is 0 Å². The number of nitrogens with zero attached hydrogens (tertiary/aromatic N) is 5. The number of likely N-dealkylation sites (tertiary alicyclic amines) is 2. The Labute approximate surface area is 188 Å². The van der Waals surface area contributed by atoms with E-state index in [2.05, 4.69) is 52.3 Å². The SMILES string of the molecule is Cc1ccc(-c2nc(CN3CC[C@H]4[C@@H]3CCN4Cc3cnn(C)c3)c(C)o2)cc1.O=CO. The molecule has 0 radical (unpaired) electrons. The second-order valence-corrected chi connectivity index (χ2v) is 8.67. The van der Waals surface area contributed by atoms with Gasteiger partial charge in [-0.15, -0.1) is 0 Å². The van der Waals surface area contributed by atoms with Crippen LogP contribution in [-0.2, 0) is 24.9 Å². The molecule has 2 atom stereocenters. The number of aromatic nitrogens is 3. The van der Waals surface area contributed by atoms with Gasteiger partial charge in [0.25, 0.3) is 6.47 Å². The van der Waals surface area contributed by atoms with E-state index in [9.17, 15) is 0 Å². The van der Waals surface area contributed by atoms with Crippen LogP contribution >= 0.6 is 0 Å². The van der Waals surface area contributed by atoms with Gasteiger partial charge in [0.05, 0.1) is 11.9 Å². The molecule has 0 bridgehead atoms. The Kier molecular flexibility index (Phi) is 6.72. The van der Waals surface area contributed by atoms with Crippen molar-refractivity contribution in [3.05, 3.63) is 59.2 Å². The van der Waals surface area contributed by atoms with Crippen molar-refractivity contribution < 1.29 is 14.3 Å². The molecule has 5 rings (SSSR count). The van der Waals surface area contributed by atoms with Crippen LogP contribution in [0.4, 0.5) is 0 Å². The van der Waals surface area contributed by atoms with E-state index in [-0.39, 0.29) is 6.47 Å². The smallest absolute Gasteiger partial charge is 0.290 e. The maximum Gasteiger partial charge on any atom is 0.290 e. The molecular formula is C24H31N5O3. The lowest BCUT2D eigenvalue weighted by atomic mass is 10.1. The highest BCUT2D eigenvalue weighted by molar-refractivity contribution is 5.54. The zero-order valence-corrected chi connectivity index (χ0v) is 18.9. The number of benzene rings is 1. The summed E-state index contributed by atoms with van der Waals surface area (Å²) in [5.74, 6) is 1.67. The number of fused-ring (bicyclic) bond motifs is 1. The highest BCUT2D eigenvalue weighted by Crippen LogP contribution is 2.34. The molecule has 3 aromatic rings. The van der Waals surface area contributed by atoms with E-state index in [0.29, 0.717) is 12.1 Å². The number of carboxylic acid groups (broad SMARTS) is 1. The van der Waals surface area contributed by atoms with Gasteiger partial charge in [-0.1, -0.05) is 17.7 Å². The van der Waals surface area contributed by atoms with Gasteiger partial charge in [0.15, 0.2) is 0 Å². The van der Waals surface area contributed by atoms with E-state index in [0.717, 1.165) is 49.1 Å². The van der Waals surface area contributed by atoms with Crippen molar-refractivity contribution in [3.8, 4) is 11.5 Å². The molecule has 0 unspecified atom stereocenters. The maximum absolute atomic E-state index is 8.36. The van der Waals surface area contributed by atoms with E-state index in [1.54, 1.807) is 0 Å². The number of rotatable bonds is 5. The minimum atomic E-state index is -0.250. The number of oxazole rings is 1. The molecule has 2 fully saturated rings. The number of aryl methyl sites for hydroxylation is 3. The summed E-state index contributed by atoms with van der Waals surface area (Å²) in [4.78, 5) is 18.4. The Bertz CT molecular complexity index is 1040. The summed E-state index contributed by atoms with van der Waals surface area (Å²) in [5.41, 5.74) is 4.68. The average molecular weight is 438 g/mol. The van der Waals surface area contributed by atoms with Crippen LogP contribution in [-0.4, -0.2) is 61.3 Å². The van der Waals surface area contributed by atoms with Gasteiger partial charge in [-0.3, -0.25) is 19.3 Å². The third-order valence-corrected chi connectivity index (χ3v) is 6.49. The van der Waals surface area contributed by atoms with Crippen molar-refractivity contribution in [2.45, 2.75) is 51.9 Å². The van der Waals surface area contributed by atoms with Crippen LogP contribution in [0.3, 0.4) is 0 Å². The average Bonchev–Trinajstić information content (AvgIpc) is 3.52. The van der Waals surface area contributed by atoms with Crippen LogP contribution in [0.15, 0.2) is 41.1 Å². The molecule has 0 amide bonds. The summed E-state index contributed by atoms with van der Waals surface area (Å²) in [5, 5.41) is 11.2. The first-order valence-corrected chi connectivity index (χ1v) is 11.0. The second-order valence-electron chi connectivity index (χ2n) is 8.67. The molecule has 0 aliphatic carbocycles. The Morgan fingerprint density at radius 1 is 1.09 bits per heavy atom. The van der Waals surface area contributed by atoms with Crippen LogP contribution in [0.25, 0.3) is 11.5 Å². The van der Waals surface area contributed by atoms with Crippen molar-refractivity contribution in [3.63, 3.8) is 0 Å². The normalized spacial score (nSPS) is 20.7. The zero-order valence-electron chi connectivity index (χ0n) is 18.9. The van der Waals surface area contributed by atoms with Crippen molar-refractivity contribution >= 4 is 6.47 Å². The van der Waals surface area contributed by atoms with Crippen LogP contribution in [0, 0.1) is 13.8 Å². The first kappa shape index (κ1) is 22.2. The van der Waals surface area contributed by atoms with Crippen LogP contribution in [0.1, 0.15) is 35.4 Å². The van der Waals surface area contributed by atoms with Gasteiger partial charge in [0.2, 0.25) is 5.89 Å². The highest BCUT2D eigenvalue weighted by atomic mass is 16.4. The Balaban J connectivity index is 0.000000775. The summed E-state index contributed by atoms with van der Waals surface area (Å²) in [6.45, 7) is 8.06. The standard InChI is InChI=1S/C23H29N5O.CH2O2/c1-16-4-6-19(7-5-16)23-25-20(17(2)29-23)15-28-11-9-21-22(28)8-10-27(21)14-18-12-24-26(3)13-18;2-1-3/h4-7,12-13,21-22H,8-11,14-15H2,1-3H3;1H,(H,2,3)/t21-,22-;/m0./s1. The zero-order chi connectivity index (χ0) is 22.7. The van der Waals surface area contributed by atoms with Gasteiger partial charge < -0.3 is 9.52 Å². The fourth-order valence-corrected chi connectivity index (χ4v) is 4.93. The molecule has 2 aromatic heterocycles. The van der Waals surface area contributed by atoms with E-state index >= 15 is 0 Å². The Hall–Kier alpha value is -2.97. The van der Waals surface area contributed by atoms with Crippen LogP contribution < -0.4 is 0 Å². The minimum Gasteiger partial charge on any atom is -0.483 e.